The van der Waals surface area contributed by atoms with Gasteiger partial charge >= 0.3 is 0 Å². The summed E-state index contributed by atoms with van der Waals surface area (Å²) in [6.07, 6.45) is 1.09. The van der Waals surface area contributed by atoms with Crippen LogP contribution in [0.3, 0.4) is 0 Å². The molecular formula is C10H9BrClFN2O3S. The molecule has 9 heteroatoms. The van der Waals surface area contributed by atoms with E-state index in [-0.39, 0.29) is 24.6 Å². The summed E-state index contributed by atoms with van der Waals surface area (Å²) in [5.74, 6) is -1.53. The summed E-state index contributed by atoms with van der Waals surface area (Å²) in [5.41, 5.74) is 0.291. The third-order valence-electron chi connectivity index (χ3n) is 2.72. The number of carbonyl (C=O) groups excluding carboxylic acids is 1. The van der Waals surface area contributed by atoms with Crippen molar-refractivity contribution in [1.29, 1.82) is 0 Å². The first-order valence-corrected chi connectivity index (χ1v) is 8.57. The number of halogens is 3. The number of pyridine rings is 1. The van der Waals surface area contributed by atoms with Crippen molar-refractivity contribution in [3.05, 3.63) is 22.7 Å². The van der Waals surface area contributed by atoms with Crippen LogP contribution in [0.1, 0.15) is 6.42 Å². The van der Waals surface area contributed by atoms with Gasteiger partial charge in [-0.25, -0.2) is 17.8 Å². The minimum Gasteiger partial charge on any atom is -0.309 e. The lowest BCUT2D eigenvalue weighted by molar-refractivity contribution is -0.117. The maximum Gasteiger partial charge on any atom is 0.232 e. The van der Waals surface area contributed by atoms with Crippen LogP contribution in [-0.4, -0.2) is 31.6 Å². The average molecular weight is 372 g/mol. The van der Waals surface area contributed by atoms with Gasteiger partial charge in [-0.1, -0.05) is 0 Å². The van der Waals surface area contributed by atoms with Gasteiger partial charge in [-0.15, -0.1) is 0 Å². The fraction of sp³-hybridized carbons (Fsp3) is 0.400. The quantitative estimate of drug-likeness (QED) is 0.601. The summed E-state index contributed by atoms with van der Waals surface area (Å²) in [7, 11) is 1.51. The molecule has 1 aromatic rings. The number of nitrogens with zero attached hydrogens (tertiary/aromatic N) is 2. The van der Waals surface area contributed by atoms with Crippen molar-refractivity contribution in [1.82, 2.24) is 4.98 Å². The van der Waals surface area contributed by atoms with Crippen LogP contribution in [0, 0.1) is 11.7 Å². The molecule has 2 rings (SSSR count). The number of aromatic nitrogens is 1. The number of carbonyl (C=O) groups is 1. The molecule has 1 fully saturated rings. The van der Waals surface area contributed by atoms with Gasteiger partial charge in [0.2, 0.25) is 15.0 Å². The molecule has 1 aromatic heterocycles. The highest BCUT2D eigenvalue weighted by Gasteiger charge is 2.34. The van der Waals surface area contributed by atoms with E-state index in [9.17, 15) is 17.6 Å². The third-order valence-corrected chi connectivity index (χ3v) is 4.58. The largest absolute Gasteiger partial charge is 0.309 e. The van der Waals surface area contributed by atoms with Crippen LogP contribution in [0.15, 0.2) is 16.9 Å². The molecule has 19 heavy (non-hydrogen) atoms. The van der Waals surface area contributed by atoms with Crippen LogP contribution in [0.4, 0.5) is 10.1 Å². The van der Waals surface area contributed by atoms with Crippen LogP contribution in [-0.2, 0) is 13.8 Å². The first-order chi connectivity index (χ1) is 8.76. The fourth-order valence-electron chi connectivity index (χ4n) is 2.01. The Balaban J connectivity index is 2.23. The van der Waals surface area contributed by atoms with Gasteiger partial charge in [-0.2, -0.15) is 0 Å². The van der Waals surface area contributed by atoms with Crippen molar-refractivity contribution in [3.8, 4) is 0 Å². The Bertz CT molecular complexity index is 625. The maximum atomic E-state index is 13.2. The van der Waals surface area contributed by atoms with Gasteiger partial charge in [0.15, 0.2) is 0 Å². The zero-order valence-electron chi connectivity index (χ0n) is 9.51. The molecule has 1 aliphatic heterocycles. The molecule has 5 nitrogen and oxygen atoms in total. The molecule has 0 bridgehead atoms. The predicted molar refractivity (Wildman–Crippen MR) is 72.0 cm³/mol. The second kappa shape index (κ2) is 5.34. The maximum absolute atomic E-state index is 13.2. The highest BCUT2D eigenvalue weighted by molar-refractivity contribution is 9.10. The normalized spacial score (nSPS) is 20.1. The number of hydrogen-bond acceptors (Lipinski definition) is 4. The zero-order valence-corrected chi connectivity index (χ0v) is 12.7. The van der Waals surface area contributed by atoms with Crippen LogP contribution in [0.2, 0.25) is 0 Å². The lowest BCUT2D eigenvalue weighted by Crippen LogP contribution is -2.26. The van der Waals surface area contributed by atoms with Gasteiger partial charge in [0, 0.05) is 35.6 Å². The molecule has 0 aliphatic carbocycles. The molecular weight excluding hydrogens is 363 g/mol. The Morgan fingerprint density at radius 2 is 2.26 bits per heavy atom. The van der Waals surface area contributed by atoms with E-state index >= 15 is 0 Å². The topological polar surface area (TPSA) is 67.3 Å². The smallest absolute Gasteiger partial charge is 0.232 e. The number of hydrogen-bond donors (Lipinski definition) is 0. The Kier molecular flexibility index (Phi) is 4.12. The van der Waals surface area contributed by atoms with Gasteiger partial charge in [-0.3, -0.25) is 4.79 Å². The van der Waals surface area contributed by atoms with Crippen molar-refractivity contribution in [2.24, 2.45) is 5.92 Å². The summed E-state index contributed by atoms with van der Waals surface area (Å²) in [4.78, 5) is 16.9. The zero-order chi connectivity index (χ0) is 14.2. The van der Waals surface area contributed by atoms with E-state index < -0.39 is 20.8 Å². The van der Waals surface area contributed by atoms with Gasteiger partial charge in [-0.05, 0) is 15.9 Å². The molecule has 2 heterocycles. The van der Waals surface area contributed by atoms with Crippen molar-refractivity contribution < 1.29 is 17.6 Å². The van der Waals surface area contributed by atoms with Gasteiger partial charge in [0.1, 0.15) is 10.4 Å². The Hall–Kier alpha value is -0.730. The summed E-state index contributed by atoms with van der Waals surface area (Å²) in [5, 5.41) is 0. The molecule has 0 radical (unpaired) electrons. The summed E-state index contributed by atoms with van der Waals surface area (Å²) in [6, 6.07) is 1.17. The van der Waals surface area contributed by atoms with Crippen molar-refractivity contribution in [2.75, 3.05) is 17.2 Å². The molecule has 0 spiro atoms. The average Bonchev–Trinajstić information content (AvgIpc) is 2.60. The lowest BCUT2D eigenvalue weighted by Gasteiger charge is -2.17. The van der Waals surface area contributed by atoms with Crippen LogP contribution in [0.5, 0.6) is 0 Å². The fourth-order valence-corrected chi connectivity index (χ4v) is 3.76. The van der Waals surface area contributed by atoms with E-state index in [1.165, 1.54) is 11.0 Å². The molecule has 1 aliphatic rings. The molecule has 1 unspecified atom stereocenters. The molecule has 0 saturated carbocycles. The first-order valence-electron chi connectivity index (χ1n) is 5.30. The molecule has 1 amide bonds. The van der Waals surface area contributed by atoms with Crippen molar-refractivity contribution in [3.63, 3.8) is 0 Å². The number of amides is 1. The SMILES string of the molecule is O=C1CC(CS(=O)(=O)Cl)CN1c1cc(F)cnc1Br. The molecule has 0 N–H and O–H groups in total. The molecule has 104 valence electrons. The summed E-state index contributed by atoms with van der Waals surface area (Å²) >= 11 is 3.13. The van der Waals surface area contributed by atoms with E-state index in [1.54, 1.807) is 0 Å². The van der Waals surface area contributed by atoms with Gasteiger partial charge in [0.05, 0.1) is 17.6 Å². The minimum atomic E-state index is -3.66. The monoisotopic (exact) mass is 370 g/mol. The Morgan fingerprint density at radius 1 is 1.58 bits per heavy atom. The predicted octanol–water partition coefficient (Wildman–Crippen LogP) is 1.90. The molecule has 1 atom stereocenters. The highest BCUT2D eigenvalue weighted by atomic mass is 79.9. The van der Waals surface area contributed by atoms with Crippen LogP contribution < -0.4 is 4.90 Å². The van der Waals surface area contributed by atoms with Crippen LogP contribution >= 0.6 is 26.6 Å². The van der Waals surface area contributed by atoms with E-state index in [1.807, 2.05) is 0 Å². The highest BCUT2D eigenvalue weighted by Crippen LogP contribution is 2.31. The van der Waals surface area contributed by atoms with Gasteiger partial charge < -0.3 is 4.90 Å². The molecule has 0 aromatic carbocycles. The number of anilines is 1. The third kappa shape index (κ3) is 3.64. The first kappa shape index (κ1) is 14.7. The minimum absolute atomic E-state index is 0.0644. The van der Waals surface area contributed by atoms with E-state index in [4.69, 9.17) is 10.7 Å². The van der Waals surface area contributed by atoms with Crippen LogP contribution in [0.25, 0.3) is 0 Å². The number of rotatable bonds is 3. The van der Waals surface area contributed by atoms with Crippen molar-refractivity contribution in [2.45, 2.75) is 6.42 Å². The van der Waals surface area contributed by atoms with E-state index in [0.29, 0.717) is 10.3 Å². The second-order valence-electron chi connectivity index (χ2n) is 4.24. The van der Waals surface area contributed by atoms with Gasteiger partial charge in [0.25, 0.3) is 0 Å². The van der Waals surface area contributed by atoms with Crippen molar-refractivity contribution >= 4 is 47.3 Å². The Labute approximate surface area is 122 Å². The Morgan fingerprint density at radius 3 is 2.89 bits per heavy atom. The van der Waals surface area contributed by atoms with E-state index in [0.717, 1.165) is 6.20 Å². The summed E-state index contributed by atoms with van der Waals surface area (Å²) < 4.78 is 35.5. The second-order valence-corrected chi connectivity index (χ2v) is 7.82. The summed E-state index contributed by atoms with van der Waals surface area (Å²) in [6.45, 7) is 0.175. The molecule has 1 saturated heterocycles. The standard InChI is InChI=1S/C10H9BrClFN2O3S/c11-10-8(2-7(13)3-14-10)15-4-6(1-9(15)16)5-19(12,17)18/h2-3,6H,1,4-5H2. The van der Waals surface area contributed by atoms with E-state index in [2.05, 4.69) is 20.9 Å². The lowest BCUT2D eigenvalue weighted by atomic mass is 10.1.